The number of rotatable bonds is 6. The van der Waals surface area contributed by atoms with Crippen molar-refractivity contribution in [3.05, 3.63) is 30.3 Å². The molecule has 70 valence electrons. The van der Waals surface area contributed by atoms with Crippen molar-refractivity contribution in [3.8, 4) is 0 Å². The predicted molar refractivity (Wildman–Crippen MR) is 53.9 cm³/mol. The molecule has 0 bridgehead atoms. The van der Waals surface area contributed by atoms with E-state index in [0.29, 0.717) is 6.54 Å². The maximum Gasteiger partial charge on any atom is 0.133 e. The minimum Gasteiger partial charge on any atom is -0.384 e. The second kappa shape index (κ2) is 6.20. The highest BCUT2D eigenvalue weighted by molar-refractivity contribution is 5.51. The average molecular weight is 178 g/mol. The molecule has 3 heteroatoms. The van der Waals surface area contributed by atoms with Gasteiger partial charge < -0.3 is 15.4 Å². The van der Waals surface area contributed by atoms with Crippen LogP contribution in [-0.4, -0.2) is 25.9 Å². The summed E-state index contributed by atoms with van der Waals surface area (Å²) in [6.07, 6.45) is 0.864. The van der Waals surface area contributed by atoms with Gasteiger partial charge in [-0.3, -0.25) is 0 Å². The molecule has 0 unspecified atom stereocenters. The molecule has 1 aromatic carbocycles. The van der Waals surface area contributed by atoms with Crippen LogP contribution >= 0.6 is 0 Å². The molecule has 0 aromatic heterocycles. The van der Waals surface area contributed by atoms with Crippen LogP contribution in [0.2, 0.25) is 0 Å². The molecule has 0 aliphatic heterocycles. The van der Waals surface area contributed by atoms with Crippen molar-refractivity contribution in [2.75, 3.05) is 25.0 Å². The molecular formula is C10H14N2O. The van der Waals surface area contributed by atoms with Crippen LogP contribution in [-0.2, 0) is 4.79 Å². The first-order valence-electron chi connectivity index (χ1n) is 4.37. The normalized spacial score (nSPS) is 9.54. The maximum absolute atomic E-state index is 9.96. The van der Waals surface area contributed by atoms with Crippen molar-refractivity contribution in [1.82, 2.24) is 5.32 Å². The van der Waals surface area contributed by atoms with E-state index >= 15 is 0 Å². The zero-order valence-corrected chi connectivity index (χ0v) is 7.49. The lowest BCUT2D eigenvalue weighted by molar-refractivity contribution is -0.107. The minimum atomic E-state index is 0.427. The molecular weight excluding hydrogens is 164 g/mol. The number of hydrogen-bond acceptors (Lipinski definition) is 3. The number of carbonyl (C=O) groups excluding carboxylic acids is 1. The summed E-state index contributed by atoms with van der Waals surface area (Å²) in [5.41, 5.74) is 1.11. The van der Waals surface area contributed by atoms with Crippen LogP contribution < -0.4 is 10.6 Å². The van der Waals surface area contributed by atoms with Gasteiger partial charge >= 0.3 is 0 Å². The van der Waals surface area contributed by atoms with Crippen LogP contribution in [0.15, 0.2) is 30.3 Å². The Kier molecular flexibility index (Phi) is 4.64. The third kappa shape index (κ3) is 4.28. The Morgan fingerprint density at radius 1 is 1.15 bits per heavy atom. The lowest BCUT2D eigenvalue weighted by atomic mass is 10.3. The van der Waals surface area contributed by atoms with Crippen LogP contribution in [0.4, 0.5) is 5.69 Å². The van der Waals surface area contributed by atoms with Gasteiger partial charge in [-0.25, -0.2) is 0 Å². The molecule has 0 fully saturated rings. The van der Waals surface area contributed by atoms with Crippen LogP contribution in [0.5, 0.6) is 0 Å². The van der Waals surface area contributed by atoms with E-state index in [9.17, 15) is 4.79 Å². The molecule has 0 radical (unpaired) electrons. The Morgan fingerprint density at radius 2 is 1.92 bits per heavy atom. The number of aldehydes is 1. The van der Waals surface area contributed by atoms with Crippen molar-refractivity contribution in [2.24, 2.45) is 0 Å². The molecule has 0 saturated carbocycles. The number of hydrogen-bond donors (Lipinski definition) is 2. The van der Waals surface area contributed by atoms with Gasteiger partial charge in [0.1, 0.15) is 6.29 Å². The summed E-state index contributed by atoms with van der Waals surface area (Å²) in [5.74, 6) is 0. The van der Waals surface area contributed by atoms with Gasteiger partial charge in [-0.1, -0.05) is 18.2 Å². The van der Waals surface area contributed by atoms with Crippen molar-refractivity contribution in [1.29, 1.82) is 0 Å². The largest absolute Gasteiger partial charge is 0.384 e. The Labute approximate surface area is 78.2 Å². The summed E-state index contributed by atoms with van der Waals surface area (Å²) >= 11 is 0. The van der Waals surface area contributed by atoms with E-state index in [-0.39, 0.29) is 0 Å². The monoisotopic (exact) mass is 178 g/mol. The standard InChI is InChI=1S/C10H14N2O/c13-9-8-11-6-7-12-10-4-2-1-3-5-10/h1-5,9,11-12H,6-8H2. The average Bonchev–Trinajstić information content (AvgIpc) is 2.19. The Morgan fingerprint density at radius 3 is 2.62 bits per heavy atom. The highest BCUT2D eigenvalue weighted by Crippen LogP contribution is 2.03. The van der Waals surface area contributed by atoms with E-state index < -0.39 is 0 Å². The lowest BCUT2D eigenvalue weighted by Gasteiger charge is -2.05. The first-order valence-corrected chi connectivity index (χ1v) is 4.37. The Bertz CT molecular complexity index is 236. The molecule has 0 atom stereocenters. The van der Waals surface area contributed by atoms with Crippen LogP contribution in [0.25, 0.3) is 0 Å². The smallest absolute Gasteiger partial charge is 0.133 e. The molecule has 0 aliphatic carbocycles. The summed E-state index contributed by atoms with van der Waals surface area (Å²) in [7, 11) is 0. The van der Waals surface area contributed by atoms with E-state index in [1.807, 2.05) is 30.3 Å². The Hall–Kier alpha value is -1.35. The van der Waals surface area contributed by atoms with E-state index in [4.69, 9.17) is 0 Å². The van der Waals surface area contributed by atoms with Crippen LogP contribution in [0.3, 0.4) is 0 Å². The predicted octanol–water partition coefficient (Wildman–Crippen LogP) is 0.887. The third-order valence-electron chi connectivity index (χ3n) is 1.63. The van der Waals surface area contributed by atoms with Gasteiger partial charge in [0.05, 0.1) is 6.54 Å². The lowest BCUT2D eigenvalue weighted by Crippen LogP contribution is -2.23. The van der Waals surface area contributed by atoms with Crippen molar-refractivity contribution >= 4 is 12.0 Å². The maximum atomic E-state index is 9.96. The molecule has 1 aromatic rings. The summed E-state index contributed by atoms with van der Waals surface area (Å²) in [6.45, 7) is 2.06. The third-order valence-corrected chi connectivity index (χ3v) is 1.63. The minimum absolute atomic E-state index is 0.427. The van der Waals surface area contributed by atoms with Gasteiger partial charge in [0.15, 0.2) is 0 Å². The van der Waals surface area contributed by atoms with E-state index in [0.717, 1.165) is 25.1 Å². The molecule has 3 nitrogen and oxygen atoms in total. The topological polar surface area (TPSA) is 41.1 Å². The summed E-state index contributed by atoms with van der Waals surface area (Å²) in [6, 6.07) is 9.98. The van der Waals surface area contributed by atoms with Gasteiger partial charge in [-0.2, -0.15) is 0 Å². The first-order chi connectivity index (χ1) is 6.43. The van der Waals surface area contributed by atoms with Gasteiger partial charge in [0, 0.05) is 18.8 Å². The van der Waals surface area contributed by atoms with Crippen molar-refractivity contribution in [2.45, 2.75) is 0 Å². The number of carbonyl (C=O) groups is 1. The van der Waals surface area contributed by atoms with E-state index in [2.05, 4.69) is 10.6 Å². The number of nitrogens with one attached hydrogen (secondary N) is 2. The van der Waals surface area contributed by atoms with Gasteiger partial charge in [-0.05, 0) is 12.1 Å². The van der Waals surface area contributed by atoms with E-state index in [1.165, 1.54) is 0 Å². The molecule has 2 N–H and O–H groups in total. The zero-order chi connectivity index (χ0) is 9.36. The molecule has 0 saturated heterocycles. The molecule has 1 rings (SSSR count). The molecule has 13 heavy (non-hydrogen) atoms. The van der Waals surface area contributed by atoms with Gasteiger partial charge in [0.25, 0.3) is 0 Å². The molecule has 0 aliphatic rings. The zero-order valence-electron chi connectivity index (χ0n) is 7.49. The quantitative estimate of drug-likeness (QED) is 0.502. The molecule has 0 amide bonds. The fourth-order valence-corrected chi connectivity index (χ4v) is 1.01. The van der Waals surface area contributed by atoms with Gasteiger partial charge in [-0.15, -0.1) is 0 Å². The Balaban J connectivity index is 2.10. The fourth-order valence-electron chi connectivity index (χ4n) is 1.01. The first kappa shape index (κ1) is 9.74. The van der Waals surface area contributed by atoms with Crippen molar-refractivity contribution < 1.29 is 4.79 Å². The summed E-state index contributed by atoms with van der Waals surface area (Å²) in [5, 5.41) is 6.20. The van der Waals surface area contributed by atoms with E-state index in [1.54, 1.807) is 0 Å². The summed E-state index contributed by atoms with van der Waals surface area (Å²) < 4.78 is 0. The highest BCUT2D eigenvalue weighted by Gasteiger charge is 1.88. The van der Waals surface area contributed by atoms with Crippen molar-refractivity contribution in [3.63, 3.8) is 0 Å². The number of benzene rings is 1. The SMILES string of the molecule is O=CCNCCNc1ccccc1. The second-order valence-electron chi connectivity index (χ2n) is 2.66. The second-order valence-corrected chi connectivity index (χ2v) is 2.66. The summed E-state index contributed by atoms with van der Waals surface area (Å²) in [4.78, 5) is 9.96. The number of anilines is 1. The van der Waals surface area contributed by atoms with Gasteiger partial charge in [0.2, 0.25) is 0 Å². The van der Waals surface area contributed by atoms with Crippen LogP contribution in [0.1, 0.15) is 0 Å². The molecule has 0 heterocycles. The van der Waals surface area contributed by atoms with Crippen LogP contribution in [0, 0.1) is 0 Å². The number of para-hydroxylation sites is 1. The fraction of sp³-hybridized carbons (Fsp3) is 0.300. The molecule has 0 spiro atoms. The highest BCUT2D eigenvalue weighted by atomic mass is 16.1.